The van der Waals surface area contributed by atoms with Crippen molar-refractivity contribution in [3.63, 3.8) is 0 Å². The maximum absolute atomic E-state index is 4.19. The Morgan fingerprint density at radius 1 is 0.397 bits per heavy atom. The second-order valence-electron chi connectivity index (χ2n) is 15.7. The maximum Gasteiger partial charge on any atom is 0.0541 e. The number of fused-ring (bicyclic) bond motifs is 1. The number of para-hydroxylation sites is 2. The van der Waals surface area contributed by atoms with Crippen LogP contribution in [0.5, 0.6) is 0 Å². The van der Waals surface area contributed by atoms with Crippen LogP contribution in [-0.4, -0.2) is 4.57 Å². The third-order valence-electron chi connectivity index (χ3n) is 11.9. The average Bonchev–Trinajstić information content (AvgIpc) is 3.68. The van der Waals surface area contributed by atoms with Gasteiger partial charge in [0.15, 0.2) is 0 Å². The molecule has 0 aliphatic rings. The fourth-order valence-corrected chi connectivity index (χ4v) is 8.88. The monoisotopic (exact) mass is 806 g/mol. The molecule has 10 rings (SSSR count). The number of benzene rings is 9. The molecule has 0 amide bonds. The molecule has 1 heterocycles. The van der Waals surface area contributed by atoms with Gasteiger partial charge in [0.2, 0.25) is 0 Å². The van der Waals surface area contributed by atoms with E-state index in [1.54, 1.807) is 0 Å². The van der Waals surface area contributed by atoms with Gasteiger partial charge in [0.1, 0.15) is 0 Å². The molecule has 0 fully saturated rings. The van der Waals surface area contributed by atoms with Gasteiger partial charge in [-0.3, -0.25) is 0 Å². The van der Waals surface area contributed by atoms with Crippen LogP contribution >= 0.6 is 0 Å². The predicted octanol–water partition coefficient (Wildman–Crippen LogP) is 17.1. The lowest BCUT2D eigenvalue weighted by Gasteiger charge is -2.27. The van der Waals surface area contributed by atoms with Crippen LogP contribution in [0.2, 0.25) is 0 Å². The van der Waals surface area contributed by atoms with Gasteiger partial charge in [-0.05, 0) is 118 Å². The fourth-order valence-electron chi connectivity index (χ4n) is 8.88. The van der Waals surface area contributed by atoms with E-state index in [-0.39, 0.29) is 0 Å². The minimum Gasteiger partial charge on any atom is -0.310 e. The number of hydrogen-bond acceptors (Lipinski definition) is 1. The van der Waals surface area contributed by atoms with E-state index in [1.165, 1.54) is 44.3 Å². The van der Waals surface area contributed by atoms with Gasteiger partial charge in [-0.2, -0.15) is 0 Å². The SMILES string of the molecule is C=Cc1c(/C=C\C)n(-c2ccccc2-c2ccc(-c3ccc(N(c4cccc(-c5ccccc5)c4)c4cc(-c5ccccc5)cc(-c5ccccc5)c4)cc3)cc2)c2ccccc12. The Morgan fingerprint density at radius 3 is 1.51 bits per heavy atom. The minimum atomic E-state index is 1.08. The van der Waals surface area contributed by atoms with Crippen LogP contribution in [0.3, 0.4) is 0 Å². The van der Waals surface area contributed by atoms with Crippen molar-refractivity contribution in [2.75, 3.05) is 4.90 Å². The molecule has 0 unspecified atom stereocenters. The van der Waals surface area contributed by atoms with Crippen molar-refractivity contribution in [2.24, 2.45) is 0 Å². The van der Waals surface area contributed by atoms with Crippen molar-refractivity contribution < 1.29 is 0 Å². The smallest absolute Gasteiger partial charge is 0.0541 e. The van der Waals surface area contributed by atoms with Crippen LogP contribution in [-0.2, 0) is 0 Å². The molecule has 0 saturated carbocycles. The molecular formula is C61H46N2. The van der Waals surface area contributed by atoms with Gasteiger partial charge in [-0.1, -0.05) is 195 Å². The highest BCUT2D eigenvalue weighted by atomic mass is 15.1. The van der Waals surface area contributed by atoms with E-state index >= 15 is 0 Å². The van der Waals surface area contributed by atoms with E-state index in [4.69, 9.17) is 0 Å². The van der Waals surface area contributed by atoms with E-state index < -0.39 is 0 Å². The number of aromatic nitrogens is 1. The minimum absolute atomic E-state index is 1.08. The van der Waals surface area contributed by atoms with Gasteiger partial charge in [0.05, 0.1) is 16.9 Å². The highest BCUT2D eigenvalue weighted by molar-refractivity contribution is 5.96. The second kappa shape index (κ2) is 17.4. The summed E-state index contributed by atoms with van der Waals surface area (Å²) in [6.07, 6.45) is 6.26. The van der Waals surface area contributed by atoms with Crippen molar-refractivity contribution >= 4 is 40.1 Å². The second-order valence-corrected chi connectivity index (χ2v) is 15.7. The number of hydrogen-bond donors (Lipinski definition) is 0. The molecule has 2 heteroatoms. The molecule has 0 aliphatic carbocycles. The van der Waals surface area contributed by atoms with E-state index in [9.17, 15) is 0 Å². The summed E-state index contributed by atoms with van der Waals surface area (Å²) in [6.45, 7) is 6.26. The summed E-state index contributed by atoms with van der Waals surface area (Å²) in [5.74, 6) is 0. The fraction of sp³-hybridized carbons (Fsp3) is 0.0164. The lowest BCUT2D eigenvalue weighted by Crippen LogP contribution is -2.10. The standard InChI is InChI=1S/C61H46N2/c1-3-19-59-56(4-2)58-29-15-17-31-61(58)63(59)60-30-16-14-28-57(60)49-34-32-47(33-35-49)48-36-38-53(39-37-48)62(54-27-18-26-50(41-54)44-20-8-5-9-21-44)55-42-51(45-22-10-6-11-23-45)40-52(43-55)46-24-12-7-13-25-46/h3-43H,2H2,1H3/b19-3-. The Hall–Kier alpha value is -8.20. The molecule has 300 valence electrons. The number of allylic oxidation sites excluding steroid dienone is 1. The number of anilines is 3. The van der Waals surface area contributed by atoms with Crippen molar-refractivity contribution in [1.82, 2.24) is 4.57 Å². The van der Waals surface area contributed by atoms with E-state index in [0.717, 1.165) is 56.2 Å². The van der Waals surface area contributed by atoms with E-state index in [1.807, 2.05) is 6.08 Å². The third kappa shape index (κ3) is 7.71. The van der Waals surface area contributed by atoms with Crippen LogP contribution < -0.4 is 4.90 Å². The molecule has 0 bridgehead atoms. The Balaban J connectivity index is 1.05. The first kappa shape index (κ1) is 39.0. The summed E-state index contributed by atoms with van der Waals surface area (Å²) < 4.78 is 2.37. The van der Waals surface area contributed by atoms with Crippen molar-refractivity contribution in [1.29, 1.82) is 0 Å². The quantitative estimate of drug-likeness (QED) is 0.126. The molecule has 1 aromatic heterocycles. The van der Waals surface area contributed by atoms with Gasteiger partial charge in [-0.15, -0.1) is 0 Å². The molecule has 63 heavy (non-hydrogen) atoms. The summed E-state index contributed by atoms with van der Waals surface area (Å²) in [7, 11) is 0. The Morgan fingerprint density at radius 2 is 0.889 bits per heavy atom. The van der Waals surface area contributed by atoms with Crippen molar-refractivity contribution in [2.45, 2.75) is 6.92 Å². The molecule has 0 radical (unpaired) electrons. The first-order chi connectivity index (χ1) is 31.2. The van der Waals surface area contributed by atoms with Gasteiger partial charge in [0.25, 0.3) is 0 Å². The van der Waals surface area contributed by atoms with Gasteiger partial charge < -0.3 is 9.47 Å². The Kier molecular flexibility index (Phi) is 10.8. The molecule has 9 aromatic carbocycles. The average molecular weight is 807 g/mol. The first-order valence-corrected chi connectivity index (χ1v) is 21.6. The highest BCUT2D eigenvalue weighted by Gasteiger charge is 2.19. The van der Waals surface area contributed by atoms with Gasteiger partial charge in [0, 0.05) is 33.6 Å². The van der Waals surface area contributed by atoms with Gasteiger partial charge >= 0.3 is 0 Å². The topological polar surface area (TPSA) is 8.17 Å². The van der Waals surface area contributed by atoms with Crippen LogP contribution in [0, 0.1) is 0 Å². The zero-order valence-corrected chi connectivity index (χ0v) is 35.3. The van der Waals surface area contributed by atoms with Crippen LogP contribution in [0.25, 0.3) is 84.4 Å². The summed E-state index contributed by atoms with van der Waals surface area (Å²) in [4.78, 5) is 2.39. The zero-order chi connectivity index (χ0) is 42.5. The molecule has 0 N–H and O–H groups in total. The molecule has 2 nitrogen and oxygen atoms in total. The van der Waals surface area contributed by atoms with Crippen LogP contribution in [0.15, 0.2) is 243 Å². The molecule has 0 spiro atoms. The van der Waals surface area contributed by atoms with Crippen molar-refractivity contribution in [3.05, 3.63) is 254 Å². The van der Waals surface area contributed by atoms with E-state index in [2.05, 4.69) is 266 Å². The zero-order valence-electron chi connectivity index (χ0n) is 35.3. The summed E-state index contributed by atoms with van der Waals surface area (Å²) in [5.41, 5.74) is 19.5. The van der Waals surface area contributed by atoms with Crippen molar-refractivity contribution in [3.8, 4) is 61.3 Å². The largest absolute Gasteiger partial charge is 0.310 e. The molecule has 0 atom stereocenters. The normalized spacial score (nSPS) is 11.3. The third-order valence-corrected chi connectivity index (χ3v) is 11.9. The Labute approximate surface area is 370 Å². The Bertz CT molecular complexity index is 3150. The van der Waals surface area contributed by atoms with Crippen LogP contribution in [0.4, 0.5) is 17.1 Å². The molecular weight excluding hydrogens is 761 g/mol. The predicted molar refractivity (Wildman–Crippen MR) is 270 cm³/mol. The van der Waals surface area contributed by atoms with Gasteiger partial charge in [-0.25, -0.2) is 0 Å². The number of nitrogens with zero attached hydrogens (tertiary/aromatic N) is 2. The molecule has 0 aliphatic heterocycles. The highest BCUT2D eigenvalue weighted by Crippen LogP contribution is 2.42. The number of rotatable bonds is 11. The first-order valence-electron chi connectivity index (χ1n) is 21.6. The lowest BCUT2D eigenvalue weighted by atomic mass is 9.96. The summed E-state index contributed by atoms with van der Waals surface area (Å²) in [5, 5.41) is 1.19. The summed E-state index contributed by atoms with van der Waals surface area (Å²) in [6, 6.07) is 83.0. The molecule has 0 saturated heterocycles. The molecule has 10 aromatic rings. The summed E-state index contributed by atoms with van der Waals surface area (Å²) >= 11 is 0. The van der Waals surface area contributed by atoms with E-state index in [0.29, 0.717) is 0 Å². The van der Waals surface area contributed by atoms with Crippen LogP contribution in [0.1, 0.15) is 18.2 Å². The lowest BCUT2D eigenvalue weighted by molar-refractivity contribution is 1.11. The maximum atomic E-state index is 4.19.